The highest BCUT2D eigenvalue weighted by Crippen LogP contribution is 2.28. The lowest BCUT2D eigenvalue weighted by Crippen LogP contribution is -2.37. The van der Waals surface area contributed by atoms with E-state index in [0.717, 1.165) is 17.7 Å². The Bertz CT molecular complexity index is 963. The van der Waals surface area contributed by atoms with Crippen LogP contribution in [0, 0.1) is 5.82 Å². The number of hydrogen-bond donors (Lipinski definition) is 1. The van der Waals surface area contributed by atoms with E-state index in [0.29, 0.717) is 5.56 Å². The fourth-order valence-electron chi connectivity index (χ4n) is 3.04. The number of alkyl halides is 2. The molecule has 27 heavy (non-hydrogen) atoms. The van der Waals surface area contributed by atoms with Gasteiger partial charge < -0.3 is 10.1 Å². The summed E-state index contributed by atoms with van der Waals surface area (Å²) in [6.07, 6.45) is -0.232. The van der Waals surface area contributed by atoms with Gasteiger partial charge in [-0.3, -0.25) is 4.79 Å². The van der Waals surface area contributed by atoms with Crippen molar-refractivity contribution in [1.29, 1.82) is 0 Å². The largest absolute Gasteiger partial charge is 0.432 e. The number of sulfone groups is 1. The molecule has 9 heteroatoms. The molecule has 0 saturated heterocycles. The zero-order valence-corrected chi connectivity index (χ0v) is 14.8. The van der Waals surface area contributed by atoms with Crippen molar-refractivity contribution < 1.29 is 31.1 Å². The van der Waals surface area contributed by atoms with E-state index in [2.05, 4.69) is 10.1 Å². The minimum Gasteiger partial charge on any atom is -0.432 e. The maximum Gasteiger partial charge on any atom is 0.387 e. The molecule has 1 N–H and O–H groups in total. The summed E-state index contributed by atoms with van der Waals surface area (Å²) in [4.78, 5) is 12.3. The van der Waals surface area contributed by atoms with E-state index in [4.69, 9.17) is 0 Å². The van der Waals surface area contributed by atoms with Gasteiger partial charge in [0.2, 0.25) is 5.91 Å². The highest BCUT2D eigenvalue weighted by Gasteiger charge is 2.30. The van der Waals surface area contributed by atoms with E-state index < -0.39 is 40.0 Å². The SMILES string of the molecule is O=C(Cc1ccc(OC(F)F)c(F)c1)NC1CS(=O)(=O)Cc2ccccc21. The van der Waals surface area contributed by atoms with E-state index in [1.54, 1.807) is 24.3 Å². The summed E-state index contributed by atoms with van der Waals surface area (Å²) in [5.74, 6) is -2.42. The number of benzene rings is 2. The lowest BCUT2D eigenvalue weighted by atomic mass is 10.0. The molecule has 3 rings (SSSR count). The van der Waals surface area contributed by atoms with Crippen molar-refractivity contribution >= 4 is 15.7 Å². The lowest BCUT2D eigenvalue weighted by Gasteiger charge is -2.26. The van der Waals surface area contributed by atoms with Gasteiger partial charge in [-0.15, -0.1) is 0 Å². The number of ether oxygens (including phenoxy) is 1. The second kappa shape index (κ2) is 7.59. The standard InChI is InChI=1S/C18H16F3NO4S/c19-14-7-11(5-6-16(14)26-18(20)21)8-17(23)22-15-10-27(24,25)9-12-3-1-2-4-13(12)15/h1-7,15,18H,8-10H2,(H,22,23). The Morgan fingerprint density at radius 1 is 1.22 bits per heavy atom. The molecule has 1 atom stereocenters. The maximum absolute atomic E-state index is 13.7. The van der Waals surface area contributed by atoms with Gasteiger partial charge in [-0.25, -0.2) is 12.8 Å². The first-order valence-electron chi connectivity index (χ1n) is 8.04. The van der Waals surface area contributed by atoms with Crippen molar-refractivity contribution in [1.82, 2.24) is 5.32 Å². The smallest absolute Gasteiger partial charge is 0.387 e. The summed E-state index contributed by atoms with van der Waals surface area (Å²) in [5.41, 5.74) is 1.61. The van der Waals surface area contributed by atoms with Crippen LogP contribution in [-0.4, -0.2) is 26.7 Å². The Hall–Kier alpha value is -2.55. The molecule has 5 nitrogen and oxygen atoms in total. The first-order valence-corrected chi connectivity index (χ1v) is 9.86. The van der Waals surface area contributed by atoms with E-state index in [9.17, 15) is 26.4 Å². The predicted octanol–water partition coefficient (Wildman–Crippen LogP) is 2.76. The minimum atomic E-state index is -3.35. The number of halogens is 3. The van der Waals surface area contributed by atoms with Gasteiger partial charge in [0.1, 0.15) is 0 Å². The van der Waals surface area contributed by atoms with Crippen LogP contribution in [0.25, 0.3) is 0 Å². The number of amides is 1. The normalized spacial score (nSPS) is 18.0. The summed E-state index contributed by atoms with van der Waals surface area (Å²) in [6, 6.07) is 9.49. The number of rotatable bonds is 5. The van der Waals surface area contributed by atoms with Crippen LogP contribution < -0.4 is 10.1 Å². The molecule has 0 spiro atoms. The van der Waals surface area contributed by atoms with Crippen LogP contribution in [0.3, 0.4) is 0 Å². The van der Waals surface area contributed by atoms with Gasteiger partial charge in [-0.2, -0.15) is 8.78 Å². The van der Waals surface area contributed by atoms with E-state index >= 15 is 0 Å². The van der Waals surface area contributed by atoms with Crippen LogP contribution in [-0.2, 0) is 26.8 Å². The van der Waals surface area contributed by atoms with Gasteiger partial charge in [0.25, 0.3) is 0 Å². The molecule has 0 radical (unpaired) electrons. The summed E-state index contributed by atoms with van der Waals surface area (Å²) in [6.45, 7) is -3.15. The van der Waals surface area contributed by atoms with Crippen molar-refractivity contribution in [2.45, 2.75) is 24.8 Å². The average Bonchev–Trinajstić information content (AvgIpc) is 2.56. The van der Waals surface area contributed by atoms with Gasteiger partial charge in [0.05, 0.1) is 24.0 Å². The number of nitrogens with one attached hydrogen (secondary N) is 1. The molecular weight excluding hydrogens is 383 g/mol. The number of fused-ring (bicyclic) bond motifs is 1. The highest BCUT2D eigenvalue weighted by molar-refractivity contribution is 7.90. The average molecular weight is 399 g/mol. The first-order chi connectivity index (χ1) is 12.7. The monoisotopic (exact) mass is 399 g/mol. The Labute approximate surface area is 154 Å². The Morgan fingerprint density at radius 3 is 2.67 bits per heavy atom. The third-order valence-electron chi connectivity index (χ3n) is 4.14. The van der Waals surface area contributed by atoms with Crippen molar-refractivity contribution in [3.05, 3.63) is 65.0 Å². The van der Waals surface area contributed by atoms with Crippen molar-refractivity contribution in [3.8, 4) is 5.75 Å². The second-order valence-electron chi connectivity index (χ2n) is 6.19. The molecule has 0 aromatic heterocycles. The molecule has 0 bridgehead atoms. The van der Waals surface area contributed by atoms with Crippen molar-refractivity contribution in [2.24, 2.45) is 0 Å². The summed E-state index contributed by atoms with van der Waals surface area (Å²) in [7, 11) is -3.35. The zero-order valence-electron chi connectivity index (χ0n) is 14.0. The quantitative estimate of drug-likeness (QED) is 0.839. The topological polar surface area (TPSA) is 72.5 Å². The van der Waals surface area contributed by atoms with Crippen LogP contribution in [0.15, 0.2) is 42.5 Å². The fraction of sp³-hybridized carbons (Fsp3) is 0.278. The number of hydrogen-bond acceptors (Lipinski definition) is 4. The molecule has 144 valence electrons. The Morgan fingerprint density at radius 2 is 1.96 bits per heavy atom. The third kappa shape index (κ3) is 4.79. The lowest BCUT2D eigenvalue weighted by molar-refractivity contribution is -0.121. The molecule has 1 amide bonds. The van der Waals surface area contributed by atoms with Gasteiger partial charge >= 0.3 is 6.61 Å². The Kier molecular flexibility index (Phi) is 5.41. The predicted molar refractivity (Wildman–Crippen MR) is 91.6 cm³/mol. The molecule has 1 aliphatic rings. The van der Waals surface area contributed by atoms with Crippen LogP contribution in [0.4, 0.5) is 13.2 Å². The molecule has 1 heterocycles. The Balaban J connectivity index is 1.72. The molecule has 1 unspecified atom stereocenters. The minimum absolute atomic E-state index is 0.0770. The van der Waals surface area contributed by atoms with Crippen LogP contribution >= 0.6 is 0 Å². The number of carbonyl (C=O) groups is 1. The third-order valence-corrected chi connectivity index (χ3v) is 5.73. The van der Waals surface area contributed by atoms with Crippen molar-refractivity contribution in [3.63, 3.8) is 0 Å². The molecule has 2 aromatic carbocycles. The van der Waals surface area contributed by atoms with Gasteiger partial charge in [0, 0.05) is 0 Å². The van der Waals surface area contributed by atoms with Gasteiger partial charge in [0.15, 0.2) is 21.4 Å². The first kappa shape index (κ1) is 19.2. The van der Waals surface area contributed by atoms with Crippen LogP contribution in [0.2, 0.25) is 0 Å². The summed E-state index contributed by atoms with van der Waals surface area (Å²) < 4.78 is 66.2. The summed E-state index contributed by atoms with van der Waals surface area (Å²) >= 11 is 0. The molecular formula is C18H16F3NO4S. The van der Waals surface area contributed by atoms with E-state index in [1.165, 1.54) is 6.07 Å². The zero-order chi connectivity index (χ0) is 19.6. The van der Waals surface area contributed by atoms with Crippen molar-refractivity contribution in [2.75, 3.05) is 5.75 Å². The second-order valence-corrected chi connectivity index (χ2v) is 8.30. The fourth-order valence-corrected chi connectivity index (χ4v) is 4.67. The number of carbonyl (C=O) groups excluding carboxylic acids is 1. The van der Waals surface area contributed by atoms with E-state index in [-0.39, 0.29) is 23.5 Å². The molecule has 1 aliphatic heterocycles. The van der Waals surface area contributed by atoms with E-state index in [1.807, 2.05) is 0 Å². The van der Waals surface area contributed by atoms with Crippen LogP contribution in [0.1, 0.15) is 22.7 Å². The molecule has 2 aromatic rings. The summed E-state index contributed by atoms with van der Waals surface area (Å²) in [5, 5.41) is 2.65. The van der Waals surface area contributed by atoms with Gasteiger partial charge in [-0.1, -0.05) is 30.3 Å². The van der Waals surface area contributed by atoms with Gasteiger partial charge in [-0.05, 0) is 28.8 Å². The van der Waals surface area contributed by atoms with Crippen LogP contribution in [0.5, 0.6) is 5.75 Å². The maximum atomic E-state index is 13.7. The highest BCUT2D eigenvalue weighted by atomic mass is 32.2. The molecule has 0 fully saturated rings. The molecule has 0 saturated carbocycles. The molecule has 0 aliphatic carbocycles.